The summed E-state index contributed by atoms with van der Waals surface area (Å²) < 4.78 is 19.0. The third-order valence-corrected chi connectivity index (χ3v) is 2.70. The van der Waals surface area contributed by atoms with E-state index in [1.165, 1.54) is 18.2 Å². The van der Waals surface area contributed by atoms with Crippen molar-refractivity contribution >= 4 is 11.4 Å². The molecule has 7 heteroatoms. The van der Waals surface area contributed by atoms with Crippen LogP contribution in [0.15, 0.2) is 18.2 Å². The van der Waals surface area contributed by atoms with Gasteiger partial charge in [0.15, 0.2) is 5.82 Å². The molecule has 0 spiro atoms. The van der Waals surface area contributed by atoms with Crippen molar-refractivity contribution in [2.75, 3.05) is 31.6 Å². The van der Waals surface area contributed by atoms with Crippen molar-refractivity contribution < 1.29 is 14.1 Å². The van der Waals surface area contributed by atoms with Crippen LogP contribution >= 0.6 is 0 Å². The number of ether oxygens (including phenoxy) is 1. The summed E-state index contributed by atoms with van der Waals surface area (Å²) in [7, 11) is 0. The maximum atomic E-state index is 13.5. The molecule has 2 rings (SSSR count). The van der Waals surface area contributed by atoms with Crippen LogP contribution < -0.4 is 10.6 Å². The smallest absolute Gasteiger partial charge is 0.295 e. The van der Waals surface area contributed by atoms with Gasteiger partial charge in [0, 0.05) is 25.7 Å². The number of halogens is 1. The second-order valence-electron chi connectivity index (χ2n) is 3.97. The third kappa shape index (κ3) is 2.93. The first-order valence-electron chi connectivity index (χ1n) is 5.67. The highest BCUT2D eigenvalue weighted by atomic mass is 19.1. The van der Waals surface area contributed by atoms with Crippen LogP contribution in [0.1, 0.15) is 0 Å². The Labute approximate surface area is 103 Å². The largest absolute Gasteiger partial charge is 0.374 e. The molecule has 0 radical (unpaired) electrons. The second-order valence-corrected chi connectivity index (χ2v) is 3.97. The first kappa shape index (κ1) is 12.7. The number of rotatable bonds is 4. The summed E-state index contributed by atoms with van der Waals surface area (Å²) in [5, 5.41) is 16.7. The minimum atomic E-state index is -0.632. The van der Waals surface area contributed by atoms with Crippen molar-refractivity contribution in [2.24, 2.45) is 0 Å². The number of nitrogens with one attached hydrogen (secondary N) is 2. The highest BCUT2D eigenvalue weighted by Gasteiger charge is 2.20. The summed E-state index contributed by atoms with van der Waals surface area (Å²) in [5.41, 5.74) is -0.351. The molecule has 0 aliphatic carbocycles. The van der Waals surface area contributed by atoms with Crippen molar-refractivity contribution in [1.29, 1.82) is 0 Å². The monoisotopic (exact) mass is 255 g/mol. The molecule has 1 aromatic carbocycles. The molecule has 6 nitrogen and oxygen atoms in total. The van der Waals surface area contributed by atoms with Gasteiger partial charge >= 0.3 is 0 Å². The molecule has 1 aliphatic heterocycles. The molecule has 1 saturated heterocycles. The Morgan fingerprint density at radius 2 is 2.44 bits per heavy atom. The summed E-state index contributed by atoms with van der Waals surface area (Å²) in [5.74, 6) is -0.632. The van der Waals surface area contributed by atoms with Gasteiger partial charge in [-0.2, -0.15) is 0 Å². The molecule has 1 aromatic rings. The van der Waals surface area contributed by atoms with E-state index in [0.717, 1.165) is 6.54 Å². The summed E-state index contributed by atoms with van der Waals surface area (Å²) in [6.45, 7) is 2.35. The Morgan fingerprint density at radius 1 is 1.61 bits per heavy atom. The maximum Gasteiger partial charge on any atom is 0.295 e. The molecule has 0 saturated carbocycles. The van der Waals surface area contributed by atoms with E-state index >= 15 is 0 Å². The van der Waals surface area contributed by atoms with E-state index in [0.29, 0.717) is 19.7 Å². The van der Waals surface area contributed by atoms with Gasteiger partial charge in [0.2, 0.25) is 0 Å². The van der Waals surface area contributed by atoms with Crippen molar-refractivity contribution in [3.63, 3.8) is 0 Å². The van der Waals surface area contributed by atoms with Crippen LogP contribution in [0.5, 0.6) is 0 Å². The quantitative estimate of drug-likeness (QED) is 0.623. The number of nitro groups is 1. The predicted molar refractivity (Wildman–Crippen MR) is 64.2 cm³/mol. The lowest BCUT2D eigenvalue weighted by molar-refractivity contribution is -0.384. The van der Waals surface area contributed by atoms with Crippen LogP contribution in [0.2, 0.25) is 0 Å². The molecule has 0 aromatic heterocycles. The number of nitrogens with zero attached hydrogens (tertiary/aromatic N) is 1. The standard InChI is InChI=1S/C11H14FN3O3/c12-9-2-1-3-10(15(16)17)11(9)14-7-8-6-13-4-5-18-8/h1-3,8,13-14H,4-7H2. The molecule has 1 fully saturated rings. The van der Waals surface area contributed by atoms with Crippen LogP contribution in [0.4, 0.5) is 15.8 Å². The first-order chi connectivity index (χ1) is 8.68. The van der Waals surface area contributed by atoms with E-state index < -0.39 is 10.7 Å². The first-order valence-corrected chi connectivity index (χ1v) is 5.67. The average molecular weight is 255 g/mol. The number of morpholine rings is 1. The topological polar surface area (TPSA) is 76.4 Å². The van der Waals surface area contributed by atoms with Crippen molar-refractivity contribution in [1.82, 2.24) is 5.32 Å². The van der Waals surface area contributed by atoms with Crippen LogP contribution in [-0.4, -0.2) is 37.3 Å². The van der Waals surface area contributed by atoms with Crippen molar-refractivity contribution in [3.05, 3.63) is 34.1 Å². The van der Waals surface area contributed by atoms with Crippen molar-refractivity contribution in [2.45, 2.75) is 6.10 Å². The van der Waals surface area contributed by atoms with Gasteiger partial charge in [0.1, 0.15) is 5.69 Å². The van der Waals surface area contributed by atoms with Gasteiger partial charge in [-0.15, -0.1) is 0 Å². The lowest BCUT2D eigenvalue weighted by Gasteiger charge is -2.24. The third-order valence-electron chi connectivity index (χ3n) is 2.70. The lowest BCUT2D eigenvalue weighted by Crippen LogP contribution is -2.42. The normalized spacial score (nSPS) is 19.5. The second kappa shape index (κ2) is 5.74. The van der Waals surface area contributed by atoms with Gasteiger partial charge in [-0.25, -0.2) is 4.39 Å². The van der Waals surface area contributed by atoms with Gasteiger partial charge in [-0.05, 0) is 6.07 Å². The molecule has 2 N–H and O–H groups in total. The van der Waals surface area contributed by atoms with E-state index in [9.17, 15) is 14.5 Å². The number of benzene rings is 1. The Kier molecular flexibility index (Phi) is 4.06. The molecule has 98 valence electrons. The summed E-state index contributed by atoms with van der Waals surface area (Å²) in [6.07, 6.45) is -0.113. The highest BCUT2D eigenvalue weighted by Crippen LogP contribution is 2.26. The van der Waals surface area contributed by atoms with E-state index in [1.807, 2.05) is 0 Å². The molecule has 0 amide bonds. The summed E-state index contributed by atoms with van der Waals surface area (Å²) in [4.78, 5) is 10.2. The molecular weight excluding hydrogens is 241 g/mol. The van der Waals surface area contributed by atoms with Gasteiger partial charge in [0.25, 0.3) is 5.69 Å². The highest BCUT2D eigenvalue weighted by molar-refractivity contribution is 5.62. The Bertz CT molecular complexity index is 436. The van der Waals surface area contributed by atoms with Crippen LogP contribution in [0, 0.1) is 15.9 Å². The fourth-order valence-electron chi connectivity index (χ4n) is 1.81. The van der Waals surface area contributed by atoms with Crippen LogP contribution in [0.25, 0.3) is 0 Å². The summed E-state index contributed by atoms with van der Waals surface area (Å²) in [6, 6.07) is 3.78. The number of anilines is 1. The molecule has 1 heterocycles. The Morgan fingerprint density at radius 3 is 3.11 bits per heavy atom. The van der Waals surface area contributed by atoms with Gasteiger partial charge in [0.05, 0.1) is 17.6 Å². The lowest BCUT2D eigenvalue weighted by atomic mass is 10.2. The SMILES string of the molecule is O=[N+]([O-])c1cccc(F)c1NCC1CNCCO1. The molecule has 0 bridgehead atoms. The van der Waals surface area contributed by atoms with Gasteiger partial charge in [-0.3, -0.25) is 10.1 Å². The molecule has 18 heavy (non-hydrogen) atoms. The minimum Gasteiger partial charge on any atom is -0.374 e. The molecule has 1 aliphatic rings. The zero-order valence-electron chi connectivity index (χ0n) is 9.69. The van der Waals surface area contributed by atoms with Crippen LogP contribution in [0.3, 0.4) is 0 Å². The zero-order valence-corrected chi connectivity index (χ0v) is 9.69. The number of hydrogen-bond donors (Lipinski definition) is 2. The molecule has 1 unspecified atom stereocenters. The van der Waals surface area contributed by atoms with E-state index in [2.05, 4.69) is 10.6 Å². The van der Waals surface area contributed by atoms with Crippen LogP contribution in [-0.2, 0) is 4.74 Å². The van der Waals surface area contributed by atoms with Crippen molar-refractivity contribution in [3.8, 4) is 0 Å². The van der Waals surface area contributed by atoms with E-state index in [-0.39, 0.29) is 17.5 Å². The number of nitro benzene ring substituents is 1. The minimum absolute atomic E-state index is 0.0864. The van der Waals surface area contributed by atoms with E-state index in [4.69, 9.17) is 4.74 Å². The number of para-hydroxylation sites is 1. The predicted octanol–water partition coefficient (Wildman–Crippen LogP) is 1.13. The molecule has 1 atom stereocenters. The zero-order chi connectivity index (χ0) is 13.0. The fourth-order valence-corrected chi connectivity index (χ4v) is 1.81. The average Bonchev–Trinajstić information content (AvgIpc) is 2.38. The Hall–Kier alpha value is -1.73. The number of hydrogen-bond acceptors (Lipinski definition) is 5. The molecular formula is C11H14FN3O3. The van der Waals surface area contributed by atoms with Gasteiger partial charge < -0.3 is 15.4 Å². The fraction of sp³-hybridized carbons (Fsp3) is 0.455. The van der Waals surface area contributed by atoms with E-state index in [1.54, 1.807) is 0 Å². The Balaban J connectivity index is 2.05. The maximum absolute atomic E-state index is 13.5. The van der Waals surface area contributed by atoms with Gasteiger partial charge in [-0.1, -0.05) is 6.07 Å². The summed E-state index contributed by atoms with van der Waals surface area (Å²) >= 11 is 0.